The third-order valence-electron chi connectivity index (χ3n) is 4.47. The summed E-state index contributed by atoms with van der Waals surface area (Å²) in [5, 5.41) is 14.7. The third-order valence-corrected chi connectivity index (χ3v) is 4.47. The molecule has 0 aromatic carbocycles. The second-order valence-electron chi connectivity index (χ2n) is 6.14. The van der Waals surface area contributed by atoms with E-state index < -0.39 is 5.41 Å². The van der Waals surface area contributed by atoms with Crippen LogP contribution in [0.15, 0.2) is 5.16 Å². The van der Waals surface area contributed by atoms with Crippen molar-refractivity contribution in [2.24, 2.45) is 16.3 Å². The first-order valence-electron chi connectivity index (χ1n) is 6.98. The van der Waals surface area contributed by atoms with Gasteiger partial charge in [-0.1, -0.05) is 5.16 Å². The van der Waals surface area contributed by atoms with Crippen molar-refractivity contribution < 1.29 is 10.0 Å². The topological polar surface area (TPSA) is 91.0 Å². The van der Waals surface area contributed by atoms with Crippen LogP contribution in [0.2, 0.25) is 0 Å². The maximum absolute atomic E-state index is 12.2. The highest BCUT2D eigenvalue weighted by atomic mass is 16.4. The summed E-state index contributed by atoms with van der Waals surface area (Å²) in [4.78, 5) is 14.7. The van der Waals surface area contributed by atoms with Crippen molar-refractivity contribution in [3.8, 4) is 0 Å². The van der Waals surface area contributed by atoms with Crippen LogP contribution in [0.25, 0.3) is 0 Å². The van der Waals surface area contributed by atoms with Gasteiger partial charge in [0, 0.05) is 18.6 Å². The minimum atomic E-state index is -0.971. The van der Waals surface area contributed by atoms with Gasteiger partial charge in [0.05, 0.1) is 0 Å². The molecule has 2 rings (SSSR count). The fraction of sp³-hybridized carbons (Fsp3) is 0.846. The average Bonchev–Trinajstić information content (AvgIpc) is 2.84. The van der Waals surface area contributed by atoms with Crippen LogP contribution in [0.1, 0.15) is 39.5 Å². The lowest BCUT2D eigenvalue weighted by atomic mass is 9.89. The summed E-state index contributed by atoms with van der Waals surface area (Å²) in [6.45, 7) is 5.59. The lowest BCUT2D eigenvalue weighted by Gasteiger charge is -2.36. The highest BCUT2D eigenvalue weighted by molar-refractivity contribution is 6.05. The van der Waals surface area contributed by atoms with Crippen molar-refractivity contribution in [2.75, 3.05) is 13.1 Å². The van der Waals surface area contributed by atoms with Gasteiger partial charge in [0.2, 0.25) is 5.91 Å². The molecule has 6 nitrogen and oxygen atoms in total. The molecule has 2 heterocycles. The molecule has 0 spiro atoms. The van der Waals surface area contributed by atoms with E-state index in [1.165, 1.54) is 19.4 Å². The summed E-state index contributed by atoms with van der Waals surface area (Å²) in [5.41, 5.74) is 4.60. The number of amides is 1. The number of piperidine rings is 1. The number of amidine groups is 1. The van der Waals surface area contributed by atoms with Gasteiger partial charge in [-0.2, -0.15) is 0 Å². The molecule has 2 unspecified atom stereocenters. The van der Waals surface area contributed by atoms with Gasteiger partial charge in [0.15, 0.2) is 5.84 Å². The van der Waals surface area contributed by atoms with Gasteiger partial charge in [-0.15, -0.1) is 0 Å². The maximum Gasteiger partial charge on any atom is 0.233 e. The molecule has 2 atom stereocenters. The van der Waals surface area contributed by atoms with Gasteiger partial charge < -0.3 is 21.2 Å². The Morgan fingerprint density at radius 2 is 2.16 bits per heavy atom. The van der Waals surface area contributed by atoms with E-state index in [1.807, 2.05) is 0 Å². The van der Waals surface area contributed by atoms with Crippen LogP contribution in [-0.2, 0) is 4.79 Å². The molecule has 4 N–H and O–H groups in total. The third kappa shape index (κ3) is 2.83. The van der Waals surface area contributed by atoms with Gasteiger partial charge in [-0.05, 0) is 46.1 Å². The second-order valence-corrected chi connectivity index (χ2v) is 6.14. The molecule has 2 saturated heterocycles. The molecule has 0 radical (unpaired) electrons. The SMILES string of the molecule is CC(C)(C(=O)NC1CCN2CCCC2C1)C(N)=NO. The van der Waals surface area contributed by atoms with Crippen LogP contribution in [0, 0.1) is 5.41 Å². The molecule has 0 aromatic rings. The molecule has 2 aliphatic rings. The van der Waals surface area contributed by atoms with Gasteiger partial charge in [0.1, 0.15) is 5.41 Å². The van der Waals surface area contributed by atoms with Crippen LogP contribution in [-0.4, -0.2) is 47.0 Å². The minimum absolute atomic E-state index is 0.0525. The minimum Gasteiger partial charge on any atom is -0.409 e. The van der Waals surface area contributed by atoms with Crippen molar-refractivity contribution in [3.63, 3.8) is 0 Å². The van der Waals surface area contributed by atoms with Crippen molar-refractivity contribution in [1.29, 1.82) is 0 Å². The number of carbonyl (C=O) groups is 1. The first-order valence-corrected chi connectivity index (χ1v) is 6.98. The Bertz CT molecular complexity index is 381. The largest absolute Gasteiger partial charge is 0.409 e. The molecule has 2 fully saturated rings. The highest BCUT2D eigenvalue weighted by Crippen LogP contribution is 2.27. The zero-order valence-corrected chi connectivity index (χ0v) is 11.7. The van der Waals surface area contributed by atoms with Crippen molar-refractivity contribution in [1.82, 2.24) is 10.2 Å². The number of rotatable bonds is 3. The Morgan fingerprint density at radius 3 is 2.84 bits per heavy atom. The first-order chi connectivity index (χ1) is 8.95. The smallest absolute Gasteiger partial charge is 0.233 e. The van der Waals surface area contributed by atoms with E-state index in [4.69, 9.17) is 10.9 Å². The predicted octanol–water partition coefficient (Wildman–Crippen LogP) is 0.502. The van der Waals surface area contributed by atoms with E-state index >= 15 is 0 Å². The molecule has 19 heavy (non-hydrogen) atoms. The molecular formula is C13H24N4O2. The number of oxime groups is 1. The van der Waals surface area contributed by atoms with Crippen molar-refractivity contribution >= 4 is 11.7 Å². The van der Waals surface area contributed by atoms with Crippen molar-refractivity contribution in [2.45, 2.75) is 51.6 Å². The number of nitrogens with one attached hydrogen (secondary N) is 1. The molecule has 0 aliphatic carbocycles. The maximum atomic E-state index is 12.2. The van der Waals surface area contributed by atoms with E-state index in [0.717, 1.165) is 19.4 Å². The van der Waals surface area contributed by atoms with Gasteiger partial charge in [-0.3, -0.25) is 4.79 Å². The van der Waals surface area contributed by atoms with E-state index in [1.54, 1.807) is 13.8 Å². The van der Waals surface area contributed by atoms with Crippen LogP contribution >= 0.6 is 0 Å². The molecule has 0 bridgehead atoms. The van der Waals surface area contributed by atoms with Crippen LogP contribution < -0.4 is 11.1 Å². The van der Waals surface area contributed by atoms with E-state index in [-0.39, 0.29) is 17.8 Å². The molecule has 0 saturated carbocycles. The summed E-state index contributed by atoms with van der Waals surface area (Å²) in [7, 11) is 0. The van der Waals surface area contributed by atoms with Crippen molar-refractivity contribution in [3.05, 3.63) is 0 Å². The monoisotopic (exact) mass is 268 g/mol. The quantitative estimate of drug-likeness (QED) is 0.301. The molecule has 6 heteroatoms. The normalized spacial score (nSPS) is 29.1. The number of hydrogen-bond donors (Lipinski definition) is 3. The van der Waals surface area contributed by atoms with Gasteiger partial charge >= 0.3 is 0 Å². The first kappa shape index (κ1) is 14.1. The highest BCUT2D eigenvalue weighted by Gasteiger charge is 2.37. The van der Waals surface area contributed by atoms with E-state index in [2.05, 4.69) is 15.4 Å². The Labute approximate surface area is 114 Å². The average molecular weight is 268 g/mol. The standard InChI is InChI=1S/C13H24N4O2/c1-13(2,11(14)16-19)12(18)15-9-5-7-17-6-3-4-10(17)8-9/h9-10,19H,3-8H2,1-2H3,(H2,14,16)(H,15,18). The zero-order chi connectivity index (χ0) is 14.0. The molecule has 2 aliphatic heterocycles. The summed E-state index contributed by atoms with van der Waals surface area (Å²) in [6, 6.07) is 0.823. The summed E-state index contributed by atoms with van der Waals surface area (Å²) < 4.78 is 0. The van der Waals surface area contributed by atoms with Gasteiger partial charge in [0.25, 0.3) is 0 Å². The molecule has 108 valence electrons. The lowest BCUT2D eigenvalue weighted by Crippen LogP contribution is -2.53. The predicted molar refractivity (Wildman–Crippen MR) is 72.9 cm³/mol. The molecule has 1 amide bonds. The number of nitrogens with zero attached hydrogens (tertiary/aromatic N) is 2. The summed E-state index contributed by atoms with van der Waals surface area (Å²) in [6.07, 6.45) is 4.49. The van der Waals surface area contributed by atoms with E-state index in [0.29, 0.717) is 6.04 Å². The number of carbonyl (C=O) groups excluding carboxylic acids is 1. The molecule has 0 aromatic heterocycles. The number of fused-ring (bicyclic) bond motifs is 1. The number of nitrogens with two attached hydrogens (primary N) is 1. The number of hydrogen-bond acceptors (Lipinski definition) is 4. The Balaban J connectivity index is 1.92. The van der Waals surface area contributed by atoms with E-state index in [9.17, 15) is 4.79 Å². The lowest BCUT2D eigenvalue weighted by molar-refractivity contribution is -0.127. The Morgan fingerprint density at radius 1 is 1.42 bits per heavy atom. The summed E-state index contributed by atoms with van der Waals surface area (Å²) in [5.74, 6) is -0.220. The van der Waals surface area contributed by atoms with Crippen LogP contribution in [0.3, 0.4) is 0 Å². The van der Waals surface area contributed by atoms with Gasteiger partial charge in [-0.25, -0.2) is 0 Å². The Kier molecular flexibility index (Phi) is 3.99. The Hall–Kier alpha value is -1.30. The van der Waals surface area contributed by atoms with Crippen LogP contribution in [0.4, 0.5) is 0 Å². The fourth-order valence-electron chi connectivity index (χ4n) is 2.96. The van der Waals surface area contributed by atoms with Crippen LogP contribution in [0.5, 0.6) is 0 Å². The zero-order valence-electron chi connectivity index (χ0n) is 11.7. The fourth-order valence-corrected chi connectivity index (χ4v) is 2.96. The summed E-state index contributed by atoms with van der Waals surface area (Å²) >= 11 is 0. The second kappa shape index (κ2) is 5.36. The molecular weight excluding hydrogens is 244 g/mol.